The summed E-state index contributed by atoms with van der Waals surface area (Å²) in [6.45, 7) is 4.50. The van der Waals surface area contributed by atoms with Crippen LogP contribution >= 0.6 is 0 Å². The van der Waals surface area contributed by atoms with E-state index in [-0.39, 0.29) is 6.10 Å². The molecule has 0 aliphatic carbocycles. The molecule has 0 atom stereocenters. The topological polar surface area (TPSA) is 51.4 Å². The van der Waals surface area contributed by atoms with Crippen LogP contribution in [0.2, 0.25) is 0 Å². The number of para-hydroxylation sites is 1. The van der Waals surface area contributed by atoms with Crippen LogP contribution in [0.3, 0.4) is 0 Å². The zero-order valence-electron chi connectivity index (χ0n) is 12.2. The van der Waals surface area contributed by atoms with Crippen molar-refractivity contribution in [3.8, 4) is 5.75 Å². The van der Waals surface area contributed by atoms with Crippen LogP contribution in [0.25, 0.3) is 0 Å². The molecule has 2 aromatic rings. The van der Waals surface area contributed by atoms with Crippen LogP contribution in [0.15, 0.2) is 42.6 Å². The Hall–Kier alpha value is -2.07. The van der Waals surface area contributed by atoms with Crippen LogP contribution in [0.4, 0.5) is 11.5 Å². The second kappa shape index (κ2) is 6.39. The number of benzene rings is 1. The molecule has 0 fully saturated rings. The van der Waals surface area contributed by atoms with Gasteiger partial charge < -0.3 is 15.4 Å². The van der Waals surface area contributed by atoms with Gasteiger partial charge in [0, 0.05) is 25.5 Å². The fraction of sp³-hybridized carbons (Fsp3) is 0.312. The predicted octanol–water partition coefficient (Wildman–Crippen LogP) is 3.10. The van der Waals surface area contributed by atoms with Crippen LogP contribution in [0.5, 0.6) is 5.75 Å². The predicted molar refractivity (Wildman–Crippen MR) is 82.4 cm³/mol. The normalized spacial score (nSPS) is 10.7. The van der Waals surface area contributed by atoms with Gasteiger partial charge in [-0.05, 0) is 37.6 Å². The molecular formula is C16H21N3O. The number of nitrogens with zero attached hydrogens (tertiary/aromatic N) is 2. The van der Waals surface area contributed by atoms with Crippen molar-refractivity contribution >= 4 is 11.5 Å². The molecule has 2 rings (SSSR count). The van der Waals surface area contributed by atoms with E-state index in [2.05, 4.69) is 4.98 Å². The highest BCUT2D eigenvalue weighted by Crippen LogP contribution is 2.32. The van der Waals surface area contributed by atoms with E-state index in [9.17, 15) is 0 Å². The monoisotopic (exact) mass is 271 g/mol. The number of aromatic nitrogens is 1. The fourth-order valence-corrected chi connectivity index (χ4v) is 2.10. The first-order chi connectivity index (χ1) is 9.63. The van der Waals surface area contributed by atoms with Crippen molar-refractivity contribution < 1.29 is 4.74 Å². The van der Waals surface area contributed by atoms with Crippen LogP contribution in [0, 0.1) is 0 Å². The number of hydrogen-bond acceptors (Lipinski definition) is 4. The van der Waals surface area contributed by atoms with Crippen molar-refractivity contribution in [2.45, 2.75) is 26.5 Å². The summed E-state index contributed by atoms with van der Waals surface area (Å²) in [7, 11) is 1.98. The lowest BCUT2D eigenvalue weighted by atomic mass is 10.1. The molecule has 0 unspecified atom stereocenters. The van der Waals surface area contributed by atoms with Crippen LogP contribution in [-0.2, 0) is 6.54 Å². The lowest BCUT2D eigenvalue weighted by Gasteiger charge is -2.24. The smallest absolute Gasteiger partial charge is 0.175 e. The van der Waals surface area contributed by atoms with E-state index in [1.807, 2.05) is 62.2 Å². The molecule has 0 saturated carbocycles. The Morgan fingerprint density at radius 3 is 2.65 bits per heavy atom. The molecule has 4 nitrogen and oxygen atoms in total. The molecule has 1 heterocycles. The summed E-state index contributed by atoms with van der Waals surface area (Å²) < 4.78 is 5.83. The van der Waals surface area contributed by atoms with Crippen LogP contribution in [0.1, 0.15) is 19.4 Å². The maximum atomic E-state index is 5.83. The Morgan fingerprint density at radius 2 is 1.95 bits per heavy atom. The minimum Gasteiger partial charge on any atom is -0.487 e. The minimum absolute atomic E-state index is 0.108. The summed E-state index contributed by atoms with van der Waals surface area (Å²) in [4.78, 5) is 6.46. The molecule has 0 radical (unpaired) electrons. The molecule has 4 heteroatoms. The molecular weight excluding hydrogens is 250 g/mol. The molecule has 0 saturated heterocycles. The van der Waals surface area contributed by atoms with Gasteiger partial charge in [0.1, 0.15) is 0 Å². The van der Waals surface area contributed by atoms with Gasteiger partial charge >= 0.3 is 0 Å². The summed E-state index contributed by atoms with van der Waals surface area (Å²) in [5.74, 6) is 1.57. The second-order valence-electron chi connectivity index (χ2n) is 4.88. The van der Waals surface area contributed by atoms with Gasteiger partial charge in [-0.1, -0.05) is 18.2 Å². The van der Waals surface area contributed by atoms with Crippen molar-refractivity contribution in [2.24, 2.45) is 5.73 Å². The van der Waals surface area contributed by atoms with Gasteiger partial charge in [0.2, 0.25) is 0 Å². The second-order valence-corrected chi connectivity index (χ2v) is 4.88. The van der Waals surface area contributed by atoms with Crippen molar-refractivity contribution in [1.82, 2.24) is 4.98 Å². The summed E-state index contributed by atoms with van der Waals surface area (Å²) >= 11 is 0. The van der Waals surface area contributed by atoms with E-state index in [0.29, 0.717) is 6.54 Å². The highest BCUT2D eigenvalue weighted by molar-refractivity contribution is 5.67. The molecule has 0 bridgehead atoms. The highest BCUT2D eigenvalue weighted by atomic mass is 16.5. The van der Waals surface area contributed by atoms with Crippen molar-refractivity contribution in [3.05, 3.63) is 48.2 Å². The van der Waals surface area contributed by atoms with Crippen LogP contribution < -0.4 is 15.4 Å². The summed E-state index contributed by atoms with van der Waals surface area (Å²) in [6.07, 6.45) is 1.88. The highest BCUT2D eigenvalue weighted by Gasteiger charge is 2.14. The van der Waals surface area contributed by atoms with E-state index in [1.54, 1.807) is 6.20 Å². The molecule has 20 heavy (non-hydrogen) atoms. The first-order valence-corrected chi connectivity index (χ1v) is 6.77. The number of pyridine rings is 1. The zero-order chi connectivity index (χ0) is 14.5. The van der Waals surface area contributed by atoms with Gasteiger partial charge in [0.05, 0.1) is 6.10 Å². The minimum atomic E-state index is 0.108. The van der Waals surface area contributed by atoms with Crippen molar-refractivity contribution in [2.75, 3.05) is 11.9 Å². The molecule has 0 amide bonds. The van der Waals surface area contributed by atoms with Gasteiger partial charge in [-0.2, -0.15) is 0 Å². The van der Waals surface area contributed by atoms with E-state index < -0.39 is 0 Å². The Morgan fingerprint density at radius 1 is 1.20 bits per heavy atom. The first-order valence-electron chi connectivity index (χ1n) is 6.77. The van der Waals surface area contributed by atoms with E-state index in [4.69, 9.17) is 10.5 Å². The largest absolute Gasteiger partial charge is 0.487 e. The summed E-state index contributed by atoms with van der Waals surface area (Å²) in [6, 6.07) is 11.9. The molecule has 0 spiro atoms. The SMILES string of the molecule is CC(C)Oc1cccnc1N(C)c1ccccc1CN. The van der Waals surface area contributed by atoms with Crippen molar-refractivity contribution in [1.29, 1.82) is 0 Å². The molecule has 1 aromatic carbocycles. The van der Waals surface area contributed by atoms with Gasteiger partial charge in [-0.25, -0.2) is 4.98 Å². The lowest BCUT2D eigenvalue weighted by Crippen LogP contribution is -2.17. The van der Waals surface area contributed by atoms with E-state index >= 15 is 0 Å². The van der Waals surface area contributed by atoms with Crippen LogP contribution in [-0.4, -0.2) is 18.1 Å². The van der Waals surface area contributed by atoms with E-state index in [1.165, 1.54) is 0 Å². The number of ether oxygens (including phenoxy) is 1. The number of hydrogen-bond donors (Lipinski definition) is 1. The maximum Gasteiger partial charge on any atom is 0.175 e. The van der Waals surface area contributed by atoms with Gasteiger partial charge in [0.25, 0.3) is 0 Å². The standard InChI is InChI=1S/C16H21N3O/c1-12(2)20-15-9-6-10-18-16(15)19(3)14-8-5-4-7-13(14)11-17/h4-10,12H,11,17H2,1-3H3. The first kappa shape index (κ1) is 14.3. The summed E-state index contributed by atoms with van der Waals surface area (Å²) in [5, 5.41) is 0. The number of rotatable bonds is 5. The molecule has 1 aromatic heterocycles. The Kier molecular flexibility index (Phi) is 4.58. The average molecular weight is 271 g/mol. The third kappa shape index (κ3) is 3.08. The van der Waals surface area contributed by atoms with Gasteiger partial charge in [-0.3, -0.25) is 0 Å². The van der Waals surface area contributed by atoms with Gasteiger partial charge in [-0.15, -0.1) is 0 Å². The summed E-state index contributed by atoms with van der Waals surface area (Å²) in [5.41, 5.74) is 7.93. The van der Waals surface area contributed by atoms with Crippen molar-refractivity contribution in [3.63, 3.8) is 0 Å². The molecule has 0 aliphatic heterocycles. The molecule has 2 N–H and O–H groups in total. The van der Waals surface area contributed by atoms with Gasteiger partial charge in [0.15, 0.2) is 11.6 Å². The third-order valence-electron chi connectivity index (χ3n) is 3.00. The fourth-order valence-electron chi connectivity index (χ4n) is 2.10. The Bertz CT molecular complexity index is 569. The number of nitrogens with two attached hydrogens (primary N) is 1. The average Bonchev–Trinajstić information content (AvgIpc) is 2.46. The third-order valence-corrected chi connectivity index (χ3v) is 3.00. The maximum absolute atomic E-state index is 5.83. The quantitative estimate of drug-likeness (QED) is 0.908. The van der Waals surface area contributed by atoms with E-state index in [0.717, 1.165) is 22.8 Å². The number of anilines is 2. The zero-order valence-corrected chi connectivity index (χ0v) is 12.2. The molecule has 106 valence electrons. The molecule has 0 aliphatic rings. The Labute approximate surface area is 120 Å². The Balaban J connectivity index is 2.40. The lowest BCUT2D eigenvalue weighted by molar-refractivity contribution is 0.242.